The molecule has 134 valence electrons. The van der Waals surface area contributed by atoms with Crippen molar-refractivity contribution in [3.05, 3.63) is 42.5 Å². The van der Waals surface area contributed by atoms with Gasteiger partial charge < -0.3 is 10.2 Å². The Morgan fingerprint density at radius 3 is 2.44 bits per heavy atom. The summed E-state index contributed by atoms with van der Waals surface area (Å²) in [5.41, 5.74) is 0. The number of rotatable bonds is 3. The summed E-state index contributed by atoms with van der Waals surface area (Å²) in [6.07, 6.45) is 2.31. The zero-order valence-electron chi connectivity index (χ0n) is 14.3. The van der Waals surface area contributed by atoms with Gasteiger partial charge in [0.25, 0.3) is 0 Å². The van der Waals surface area contributed by atoms with Gasteiger partial charge in [-0.1, -0.05) is 30.3 Å². The number of hydrogen-bond donors (Lipinski definition) is 1. The molecular formula is C20H25ClN2OS. The predicted octanol–water partition coefficient (Wildman–Crippen LogP) is 3.81. The monoisotopic (exact) mass is 376 g/mol. The zero-order valence-corrected chi connectivity index (χ0v) is 16.0. The molecule has 2 saturated heterocycles. The van der Waals surface area contributed by atoms with Crippen LogP contribution in [0.25, 0.3) is 10.8 Å². The average Bonchev–Trinajstić information content (AvgIpc) is 2.98. The first-order valence-corrected chi connectivity index (χ1v) is 9.88. The summed E-state index contributed by atoms with van der Waals surface area (Å²) in [4.78, 5) is 15.9. The van der Waals surface area contributed by atoms with Crippen LogP contribution in [0.2, 0.25) is 0 Å². The molecule has 2 aliphatic rings. The second-order valence-electron chi connectivity index (χ2n) is 6.93. The highest BCUT2D eigenvalue weighted by Crippen LogP contribution is 2.28. The van der Waals surface area contributed by atoms with Crippen LogP contribution in [0.5, 0.6) is 0 Å². The lowest BCUT2D eigenvalue weighted by atomic mass is 9.92. The molecule has 2 aromatic carbocycles. The van der Waals surface area contributed by atoms with Crippen molar-refractivity contribution in [2.45, 2.75) is 17.7 Å². The number of amides is 1. The van der Waals surface area contributed by atoms with E-state index in [0.29, 0.717) is 11.7 Å². The van der Waals surface area contributed by atoms with Gasteiger partial charge in [-0.25, -0.2) is 0 Å². The maximum absolute atomic E-state index is 12.6. The Balaban J connectivity index is 0.00000182. The van der Waals surface area contributed by atoms with Crippen molar-refractivity contribution in [1.82, 2.24) is 10.2 Å². The van der Waals surface area contributed by atoms with Crippen LogP contribution in [-0.4, -0.2) is 42.7 Å². The topological polar surface area (TPSA) is 32.3 Å². The molecule has 0 unspecified atom stereocenters. The van der Waals surface area contributed by atoms with Crippen molar-refractivity contribution in [1.29, 1.82) is 0 Å². The van der Waals surface area contributed by atoms with E-state index < -0.39 is 0 Å². The van der Waals surface area contributed by atoms with E-state index in [4.69, 9.17) is 0 Å². The van der Waals surface area contributed by atoms with Crippen LogP contribution in [0, 0.1) is 11.8 Å². The van der Waals surface area contributed by atoms with E-state index >= 15 is 0 Å². The van der Waals surface area contributed by atoms with Crippen molar-refractivity contribution >= 4 is 40.8 Å². The minimum Gasteiger partial charge on any atom is -0.342 e. The van der Waals surface area contributed by atoms with Gasteiger partial charge in [0.2, 0.25) is 5.91 Å². The molecule has 1 amide bonds. The summed E-state index contributed by atoms with van der Waals surface area (Å²) < 4.78 is 0. The van der Waals surface area contributed by atoms with Crippen molar-refractivity contribution in [2.75, 3.05) is 31.9 Å². The summed E-state index contributed by atoms with van der Waals surface area (Å²) in [5, 5.41) is 5.98. The molecule has 1 N–H and O–H groups in total. The number of halogens is 1. The molecule has 0 aliphatic carbocycles. The molecular weight excluding hydrogens is 352 g/mol. The third-order valence-corrected chi connectivity index (χ3v) is 6.43. The van der Waals surface area contributed by atoms with Crippen LogP contribution in [-0.2, 0) is 4.79 Å². The quantitative estimate of drug-likeness (QED) is 0.826. The van der Waals surface area contributed by atoms with Gasteiger partial charge in [-0.2, -0.15) is 0 Å². The molecule has 0 bridgehead atoms. The van der Waals surface area contributed by atoms with E-state index in [1.54, 1.807) is 11.8 Å². The molecule has 3 nitrogen and oxygen atoms in total. The third kappa shape index (κ3) is 4.30. The summed E-state index contributed by atoms with van der Waals surface area (Å²) >= 11 is 1.66. The zero-order chi connectivity index (χ0) is 16.4. The Morgan fingerprint density at radius 2 is 1.72 bits per heavy atom. The van der Waals surface area contributed by atoms with Crippen molar-refractivity contribution in [3.8, 4) is 0 Å². The molecule has 5 heteroatoms. The number of hydrogen-bond acceptors (Lipinski definition) is 3. The molecule has 0 spiro atoms. The minimum absolute atomic E-state index is 0. The standard InChI is InChI=1S/C20H24N2OS.ClH/c23-20(22-9-7-17-12-21-13-18(17)8-10-22)14-24-19-6-5-15-3-1-2-4-16(15)11-19;/h1-6,11,17-18,21H,7-10,12-14H2;1H/t17-,18+;. The van der Waals surface area contributed by atoms with E-state index in [1.165, 1.54) is 15.7 Å². The van der Waals surface area contributed by atoms with Gasteiger partial charge in [0, 0.05) is 18.0 Å². The fourth-order valence-electron chi connectivity index (χ4n) is 3.96. The van der Waals surface area contributed by atoms with Crippen molar-refractivity contribution in [2.24, 2.45) is 11.8 Å². The number of thioether (sulfide) groups is 1. The van der Waals surface area contributed by atoms with Gasteiger partial charge in [-0.15, -0.1) is 24.2 Å². The number of likely N-dealkylation sites (tertiary alicyclic amines) is 1. The predicted molar refractivity (Wildman–Crippen MR) is 108 cm³/mol. The van der Waals surface area contributed by atoms with Gasteiger partial charge in [-0.05, 0) is 60.7 Å². The van der Waals surface area contributed by atoms with Crippen LogP contribution in [0.1, 0.15) is 12.8 Å². The first-order valence-electron chi connectivity index (χ1n) is 8.90. The Kier molecular flexibility index (Phi) is 6.26. The lowest BCUT2D eigenvalue weighted by Crippen LogP contribution is -2.34. The highest BCUT2D eigenvalue weighted by molar-refractivity contribution is 8.00. The maximum atomic E-state index is 12.6. The number of fused-ring (bicyclic) bond motifs is 2. The fourth-order valence-corrected chi connectivity index (χ4v) is 4.81. The van der Waals surface area contributed by atoms with E-state index in [-0.39, 0.29) is 12.4 Å². The Labute approximate surface area is 159 Å². The molecule has 2 atom stereocenters. The molecule has 2 heterocycles. The summed E-state index contributed by atoms with van der Waals surface area (Å²) in [6.45, 7) is 4.14. The van der Waals surface area contributed by atoms with Crippen LogP contribution in [0.4, 0.5) is 0 Å². The van der Waals surface area contributed by atoms with Crippen molar-refractivity contribution < 1.29 is 4.79 Å². The molecule has 4 rings (SSSR count). The Hall–Kier alpha value is -1.23. The number of carbonyl (C=O) groups excluding carboxylic acids is 1. The Bertz CT molecular complexity index is 724. The number of nitrogens with zero attached hydrogens (tertiary/aromatic N) is 1. The molecule has 2 fully saturated rings. The number of benzene rings is 2. The van der Waals surface area contributed by atoms with Gasteiger partial charge in [0.15, 0.2) is 0 Å². The second kappa shape index (κ2) is 8.43. The molecule has 0 saturated carbocycles. The van der Waals surface area contributed by atoms with Crippen LogP contribution in [0.15, 0.2) is 47.4 Å². The fraction of sp³-hybridized carbons (Fsp3) is 0.450. The van der Waals surface area contributed by atoms with Gasteiger partial charge >= 0.3 is 0 Å². The minimum atomic E-state index is 0. The lowest BCUT2D eigenvalue weighted by Gasteiger charge is -2.20. The summed E-state index contributed by atoms with van der Waals surface area (Å²) in [5.74, 6) is 2.39. The number of carbonyl (C=O) groups is 1. The second-order valence-corrected chi connectivity index (χ2v) is 7.98. The van der Waals surface area contributed by atoms with E-state index in [1.807, 2.05) is 0 Å². The smallest absolute Gasteiger partial charge is 0.232 e. The Morgan fingerprint density at radius 1 is 1.04 bits per heavy atom. The van der Waals surface area contributed by atoms with E-state index in [9.17, 15) is 4.79 Å². The van der Waals surface area contributed by atoms with Crippen LogP contribution >= 0.6 is 24.2 Å². The average molecular weight is 377 g/mol. The molecule has 2 aliphatic heterocycles. The molecule has 2 aromatic rings. The summed E-state index contributed by atoms with van der Waals surface area (Å²) in [6, 6.07) is 14.8. The summed E-state index contributed by atoms with van der Waals surface area (Å²) in [7, 11) is 0. The van der Waals surface area contributed by atoms with Gasteiger partial charge in [0.05, 0.1) is 5.75 Å². The third-order valence-electron chi connectivity index (χ3n) is 5.46. The van der Waals surface area contributed by atoms with Gasteiger partial charge in [-0.3, -0.25) is 4.79 Å². The number of nitrogens with one attached hydrogen (secondary N) is 1. The van der Waals surface area contributed by atoms with Gasteiger partial charge in [0.1, 0.15) is 0 Å². The highest BCUT2D eigenvalue weighted by Gasteiger charge is 2.31. The molecule has 0 radical (unpaired) electrons. The van der Waals surface area contributed by atoms with Crippen LogP contribution < -0.4 is 5.32 Å². The van der Waals surface area contributed by atoms with E-state index in [0.717, 1.165) is 50.9 Å². The molecule has 0 aromatic heterocycles. The normalized spacial score (nSPS) is 23.0. The molecule has 25 heavy (non-hydrogen) atoms. The SMILES string of the molecule is Cl.O=C(CSc1ccc2ccccc2c1)N1CC[C@@H]2CNC[C@@H]2CC1. The van der Waals surface area contributed by atoms with Crippen LogP contribution in [0.3, 0.4) is 0 Å². The highest BCUT2D eigenvalue weighted by atomic mass is 35.5. The maximum Gasteiger partial charge on any atom is 0.232 e. The largest absolute Gasteiger partial charge is 0.342 e. The lowest BCUT2D eigenvalue weighted by molar-refractivity contribution is -0.128. The first kappa shape index (κ1) is 18.6. The first-order chi connectivity index (χ1) is 11.8. The van der Waals surface area contributed by atoms with E-state index in [2.05, 4.69) is 52.7 Å². The van der Waals surface area contributed by atoms with Crippen molar-refractivity contribution in [3.63, 3.8) is 0 Å².